The maximum atomic E-state index is 11.6. The van der Waals surface area contributed by atoms with Gasteiger partial charge in [-0.1, -0.05) is 6.92 Å². The van der Waals surface area contributed by atoms with Crippen LogP contribution in [0.4, 0.5) is 0 Å². The second kappa shape index (κ2) is 10.2. The summed E-state index contributed by atoms with van der Waals surface area (Å²) < 4.78 is 21.9. The molecule has 2 heterocycles. The van der Waals surface area contributed by atoms with Gasteiger partial charge >= 0.3 is 0 Å². The first-order valence-corrected chi connectivity index (χ1v) is 8.85. The first-order valence-electron chi connectivity index (χ1n) is 8.85. The number of aliphatic hydroxyl groups excluding tert-OH is 4. The first kappa shape index (κ1) is 23.3. The van der Waals surface area contributed by atoms with Gasteiger partial charge in [0.2, 0.25) is 5.91 Å². The first-order chi connectivity index (χ1) is 13.2. The third-order valence-corrected chi connectivity index (χ3v) is 4.80. The molecule has 0 bridgehead atoms. The van der Waals surface area contributed by atoms with Gasteiger partial charge in [-0.15, -0.1) is 0 Å². The monoisotopic (exact) mass is 411 g/mol. The lowest BCUT2D eigenvalue weighted by Crippen LogP contribution is -2.67. The number of carbonyl (C=O) groups is 1. The molecular formula is C16H29NO11. The molecule has 164 valence electrons. The third-order valence-electron chi connectivity index (χ3n) is 4.80. The molecule has 1 amide bonds. The molecule has 0 aliphatic carbocycles. The lowest BCUT2D eigenvalue weighted by atomic mass is 9.94. The van der Waals surface area contributed by atoms with Crippen LogP contribution in [0, 0.1) is 5.92 Å². The van der Waals surface area contributed by atoms with E-state index in [0.717, 1.165) is 0 Å². The molecule has 12 nitrogen and oxygen atoms in total. The zero-order valence-corrected chi connectivity index (χ0v) is 16.1. The highest BCUT2D eigenvalue weighted by atomic mass is 17.2. The van der Waals surface area contributed by atoms with Gasteiger partial charge in [-0.2, -0.15) is 0 Å². The molecule has 2 aliphatic heterocycles. The second-order valence-corrected chi connectivity index (χ2v) is 6.75. The summed E-state index contributed by atoms with van der Waals surface area (Å²) in [7, 11) is 2.58. The molecule has 2 fully saturated rings. The maximum absolute atomic E-state index is 11.6. The summed E-state index contributed by atoms with van der Waals surface area (Å²) in [5, 5.41) is 43.2. The van der Waals surface area contributed by atoms with Crippen LogP contribution in [0.2, 0.25) is 0 Å². The van der Waals surface area contributed by atoms with E-state index in [1.807, 2.05) is 0 Å². The molecule has 2 aliphatic rings. The number of aliphatic hydroxyl groups is 4. The molecule has 0 spiro atoms. The Morgan fingerprint density at radius 3 is 2.25 bits per heavy atom. The standard InChI is InChI=1S/C16H29NO11/c1-6-10(20)12(22)16(27-14(6)28-24-4)26-13-9(17-7(2)19)15(23-3)25-8(5-18)11(13)21/h6,8-16,18,20-22H,5H2,1-4H3,(H,17,19). The summed E-state index contributed by atoms with van der Waals surface area (Å²) in [6, 6.07) is -0.991. The van der Waals surface area contributed by atoms with Crippen molar-refractivity contribution in [3.05, 3.63) is 0 Å². The van der Waals surface area contributed by atoms with Gasteiger partial charge in [0.15, 0.2) is 18.9 Å². The van der Waals surface area contributed by atoms with Crippen molar-refractivity contribution in [1.29, 1.82) is 0 Å². The van der Waals surface area contributed by atoms with Crippen LogP contribution in [0.15, 0.2) is 0 Å². The number of amides is 1. The quantitative estimate of drug-likeness (QED) is 0.217. The van der Waals surface area contributed by atoms with Crippen LogP contribution in [0.1, 0.15) is 13.8 Å². The molecule has 5 N–H and O–H groups in total. The van der Waals surface area contributed by atoms with Gasteiger partial charge in [-0.3, -0.25) is 4.79 Å². The van der Waals surface area contributed by atoms with Crippen molar-refractivity contribution >= 4 is 5.91 Å². The van der Waals surface area contributed by atoms with E-state index in [1.54, 1.807) is 6.92 Å². The fourth-order valence-electron chi connectivity index (χ4n) is 3.26. The maximum Gasteiger partial charge on any atom is 0.217 e. The van der Waals surface area contributed by atoms with Crippen molar-refractivity contribution in [1.82, 2.24) is 5.32 Å². The summed E-state index contributed by atoms with van der Waals surface area (Å²) in [4.78, 5) is 21.1. The van der Waals surface area contributed by atoms with E-state index in [-0.39, 0.29) is 0 Å². The average molecular weight is 411 g/mol. The van der Waals surface area contributed by atoms with Crippen molar-refractivity contribution in [3.8, 4) is 0 Å². The number of hydrogen-bond acceptors (Lipinski definition) is 11. The molecular weight excluding hydrogens is 382 g/mol. The van der Waals surface area contributed by atoms with Crippen LogP contribution < -0.4 is 5.32 Å². The Morgan fingerprint density at radius 1 is 1.04 bits per heavy atom. The molecule has 12 heteroatoms. The number of carbonyl (C=O) groups excluding carboxylic acids is 1. The smallest absolute Gasteiger partial charge is 0.217 e. The minimum absolute atomic E-state index is 0.446. The number of rotatable bonds is 7. The molecule has 28 heavy (non-hydrogen) atoms. The lowest BCUT2D eigenvalue weighted by Gasteiger charge is -2.47. The Bertz CT molecular complexity index is 509. The van der Waals surface area contributed by atoms with Crippen molar-refractivity contribution in [2.75, 3.05) is 20.8 Å². The zero-order valence-electron chi connectivity index (χ0n) is 16.1. The molecule has 10 atom stereocenters. The predicted octanol–water partition coefficient (Wildman–Crippen LogP) is -2.78. The van der Waals surface area contributed by atoms with E-state index >= 15 is 0 Å². The minimum Gasteiger partial charge on any atom is -0.394 e. The number of ether oxygens (including phenoxy) is 4. The minimum atomic E-state index is -1.48. The number of methoxy groups -OCH3 is 1. The van der Waals surface area contributed by atoms with Crippen molar-refractivity contribution in [3.63, 3.8) is 0 Å². The van der Waals surface area contributed by atoms with Crippen molar-refractivity contribution in [2.24, 2.45) is 5.92 Å². The highest BCUT2D eigenvalue weighted by molar-refractivity contribution is 5.73. The number of nitrogens with one attached hydrogen (secondary N) is 1. The zero-order chi connectivity index (χ0) is 21.0. The fraction of sp³-hybridized carbons (Fsp3) is 0.938. The Balaban J connectivity index is 2.25. The summed E-state index contributed by atoms with van der Waals surface area (Å²) in [6.07, 6.45) is -9.98. The molecule has 2 saturated heterocycles. The summed E-state index contributed by atoms with van der Waals surface area (Å²) in [6.45, 7) is 2.30. The summed E-state index contributed by atoms with van der Waals surface area (Å²) in [5.74, 6) is -1.09. The van der Waals surface area contributed by atoms with E-state index in [9.17, 15) is 25.2 Å². The van der Waals surface area contributed by atoms with Crippen LogP contribution in [0.25, 0.3) is 0 Å². The fourth-order valence-corrected chi connectivity index (χ4v) is 3.26. The van der Waals surface area contributed by atoms with Gasteiger partial charge in [-0.25, -0.2) is 9.78 Å². The van der Waals surface area contributed by atoms with Crippen LogP contribution in [0.3, 0.4) is 0 Å². The molecule has 0 saturated carbocycles. The Hall–Kier alpha value is -0.930. The van der Waals surface area contributed by atoms with Crippen LogP contribution in [-0.4, -0.2) is 103 Å². The van der Waals surface area contributed by atoms with Crippen LogP contribution in [0.5, 0.6) is 0 Å². The van der Waals surface area contributed by atoms with Gasteiger partial charge in [0, 0.05) is 20.0 Å². The van der Waals surface area contributed by atoms with E-state index in [0.29, 0.717) is 0 Å². The second-order valence-electron chi connectivity index (χ2n) is 6.75. The topological polar surface area (TPSA) is 165 Å². The Labute approximate surface area is 162 Å². The average Bonchev–Trinajstić information content (AvgIpc) is 2.66. The lowest BCUT2D eigenvalue weighted by molar-refractivity contribution is -0.437. The molecule has 0 radical (unpaired) electrons. The molecule has 0 aromatic heterocycles. The largest absolute Gasteiger partial charge is 0.394 e. The van der Waals surface area contributed by atoms with Gasteiger partial charge in [0.1, 0.15) is 30.5 Å². The van der Waals surface area contributed by atoms with Crippen molar-refractivity contribution in [2.45, 2.75) is 69.3 Å². The molecule has 0 aromatic carbocycles. The van der Waals surface area contributed by atoms with E-state index in [2.05, 4.69) is 10.2 Å². The SMILES string of the molecule is COOC1OC(OC2C(O)C(CO)OC(OC)C2NC(C)=O)C(O)C(O)C1C. The molecule has 2 rings (SSSR count). The summed E-state index contributed by atoms with van der Waals surface area (Å²) >= 11 is 0. The highest BCUT2D eigenvalue weighted by Gasteiger charge is 2.51. The van der Waals surface area contributed by atoms with E-state index in [4.69, 9.17) is 23.8 Å². The normalized spacial score (nSPS) is 44.3. The Kier molecular flexibility index (Phi) is 8.51. The van der Waals surface area contributed by atoms with Crippen LogP contribution >= 0.6 is 0 Å². The highest BCUT2D eigenvalue weighted by Crippen LogP contribution is 2.31. The van der Waals surface area contributed by atoms with Gasteiger partial charge < -0.3 is 44.7 Å². The van der Waals surface area contributed by atoms with E-state index < -0.39 is 73.9 Å². The number of hydrogen-bond donors (Lipinski definition) is 5. The Morgan fingerprint density at radius 2 is 1.71 bits per heavy atom. The predicted molar refractivity (Wildman–Crippen MR) is 89.2 cm³/mol. The van der Waals surface area contributed by atoms with E-state index in [1.165, 1.54) is 21.1 Å². The van der Waals surface area contributed by atoms with Gasteiger partial charge in [0.05, 0.1) is 19.8 Å². The summed E-state index contributed by atoms with van der Waals surface area (Å²) in [5.41, 5.74) is 0. The van der Waals surface area contributed by atoms with Gasteiger partial charge in [0.25, 0.3) is 0 Å². The molecule has 0 aromatic rings. The van der Waals surface area contributed by atoms with Crippen molar-refractivity contribution < 1.29 is 53.9 Å². The molecule has 10 unspecified atom stereocenters. The third kappa shape index (κ3) is 4.97. The van der Waals surface area contributed by atoms with Gasteiger partial charge in [-0.05, 0) is 0 Å². The van der Waals surface area contributed by atoms with Crippen LogP contribution in [-0.2, 0) is 33.5 Å².